The number of carbonyl (C=O) groups is 1. The first-order chi connectivity index (χ1) is 12.5. The number of benzene rings is 1. The first-order valence-corrected chi connectivity index (χ1v) is 9.74. The first-order valence-electron chi connectivity index (χ1n) is 8.86. The summed E-state index contributed by atoms with van der Waals surface area (Å²) in [5.74, 6) is -0.0164. The highest BCUT2D eigenvalue weighted by Crippen LogP contribution is 2.21. The maximum absolute atomic E-state index is 12.5. The van der Waals surface area contributed by atoms with Gasteiger partial charge in [-0.25, -0.2) is 4.98 Å². The maximum atomic E-state index is 12.5. The number of nitrogens with zero attached hydrogens (tertiary/aromatic N) is 2. The zero-order chi connectivity index (χ0) is 18.5. The van der Waals surface area contributed by atoms with E-state index in [4.69, 9.17) is 0 Å². The number of H-pyrrole nitrogens is 1. The molecular weight excluding hydrogens is 348 g/mol. The summed E-state index contributed by atoms with van der Waals surface area (Å²) in [7, 11) is 0. The largest absolute Gasteiger partial charge is 0.371 e. The number of hydrogen-bond acceptors (Lipinski definition) is 5. The molecule has 1 fully saturated rings. The topological polar surface area (TPSA) is 78.1 Å². The van der Waals surface area contributed by atoms with E-state index in [2.05, 4.69) is 32.3 Å². The van der Waals surface area contributed by atoms with Crippen LogP contribution in [0, 0.1) is 6.92 Å². The summed E-state index contributed by atoms with van der Waals surface area (Å²) in [6, 6.07) is 12.0. The van der Waals surface area contributed by atoms with E-state index >= 15 is 0 Å². The molecule has 1 aliphatic rings. The molecule has 3 rings (SSSR count). The van der Waals surface area contributed by atoms with Gasteiger partial charge in [0.05, 0.1) is 5.25 Å². The van der Waals surface area contributed by atoms with Gasteiger partial charge in [-0.2, -0.15) is 0 Å². The van der Waals surface area contributed by atoms with Gasteiger partial charge in [-0.05, 0) is 38.8 Å². The summed E-state index contributed by atoms with van der Waals surface area (Å²) in [5, 5.41) is 3.30. The Labute approximate surface area is 157 Å². The lowest BCUT2D eigenvalue weighted by Crippen LogP contribution is -2.46. The molecule has 26 heavy (non-hydrogen) atoms. The molecule has 0 bridgehead atoms. The number of aryl methyl sites for hydroxylation is 1. The third kappa shape index (κ3) is 4.88. The van der Waals surface area contributed by atoms with Gasteiger partial charge < -0.3 is 15.2 Å². The van der Waals surface area contributed by atoms with Crippen molar-refractivity contribution in [3.8, 4) is 0 Å². The van der Waals surface area contributed by atoms with E-state index in [1.807, 2.05) is 25.1 Å². The van der Waals surface area contributed by atoms with Crippen LogP contribution < -0.4 is 15.8 Å². The van der Waals surface area contributed by atoms with Gasteiger partial charge >= 0.3 is 0 Å². The number of aromatic amines is 1. The van der Waals surface area contributed by atoms with E-state index < -0.39 is 0 Å². The van der Waals surface area contributed by atoms with Crippen molar-refractivity contribution in [3.63, 3.8) is 0 Å². The predicted molar refractivity (Wildman–Crippen MR) is 105 cm³/mol. The number of carbonyl (C=O) groups excluding carboxylic acids is 1. The van der Waals surface area contributed by atoms with Crippen molar-refractivity contribution in [1.82, 2.24) is 15.3 Å². The van der Waals surface area contributed by atoms with Crippen LogP contribution in [0.1, 0.15) is 25.5 Å². The number of amides is 1. The molecule has 0 aliphatic carbocycles. The zero-order valence-corrected chi connectivity index (χ0v) is 15.9. The molecule has 1 aromatic heterocycles. The summed E-state index contributed by atoms with van der Waals surface area (Å²) in [6.07, 6.45) is 1.86. The molecule has 7 heteroatoms. The zero-order valence-electron chi connectivity index (χ0n) is 15.1. The number of nitrogens with one attached hydrogen (secondary N) is 2. The fourth-order valence-corrected chi connectivity index (χ4v) is 3.93. The first kappa shape index (κ1) is 18.5. The van der Waals surface area contributed by atoms with Crippen molar-refractivity contribution in [2.24, 2.45) is 0 Å². The van der Waals surface area contributed by atoms with E-state index in [-0.39, 0.29) is 22.8 Å². The van der Waals surface area contributed by atoms with Crippen molar-refractivity contribution in [1.29, 1.82) is 0 Å². The van der Waals surface area contributed by atoms with Crippen LogP contribution in [0.2, 0.25) is 0 Å². The second-order valence-corrected chi connectivity index (χ2v) is 7.89. The highest BCUT2D eigenvalue weighted by Gasteiger charge is 2.23. The average Bonchev–Trinajstić information content (AvgIpc) is 2.62. The fourth-order valence-electron chi connectivity index (χ4n) is 3.07. The Hall–Kier alpha value is -2.28. The molecule has 0 radical (unpaired) electrons. The quantitative estimate of drug-likeness (QED) is 0.622. The van der Waals surface area contributed by atoms with Crippen LogP contribution in [-0.2, 0) is 4.79 Å². The summed E-state index contributed by atoms with van der Waals surface area (Å²) < 4.78 is 0. The molecule has 1 atom stereocenters. The number of aromatic nitrogens is 2. The summed E-state index contributed by atoms with van der Waals surface area (Å²) in [6.45, 7) is 5.47. The number of hydrogen-bond donors (Lipinski definition) is 2. The Morgan fingerprint density at radius 3 is 2.65 bits per heavy atom. The van der Waals surface area contributed by atoms with Crippen LogP contribution in [-0.4, -0.2) is 40.3 Å². The molecule has 0 saturated carbocycles. The molecule has 1 aromatic carbocycles. The van der Waals surface area contributed by atoms with E-state index in [0.29, 0.717) is 10.9 Å². The molecule has 6 nitrogen and oxygen atoms in total. The number of anilines is 1. The molecule has 2 heterocycles. The van der Waals surface area contributed by atoms with Gasteiger partial charge in [-0.1, -0.05) is 30.0 Å². The number of piperidine rings is 1. The van der Waals surface area contributed by atoms with Crippen molar-refractivity contribution in [2.45, 2.75) is 43.1 Å². The van der Waals surface area contributed by atoms with E-state index in [1.54, 1.807) is 6.92 Å². The van der Waals surface area contributed by atoms with Gasteiger partial charge in [0, 0.05) is 36.6 Å². The van der Waals surface area contributed by atoms with Gasteiger partial charge in [-0.15, -0.1) is 0 Å². The predicted octanol–water partition coefficient (Wildman–Crippen LogP) is 2.34. The third-order valence-corrected chi connectivity index (χ3v) is 5.45. The molecule has 138 valence electrons. The van der Waals surface area contributed by atoms with Crippen molar-refractivity contribution in [2.75, 3.05) is 18.0 Å². The van der Waals surface area contributed by atoms with Gasteiger partial charge in [0.2, 0.25) is 5.91 Å². The van der Waals surface area contributed by atoms with E-state index in [1.165, 1.54) is 23.5 Å². The van der Waals surface area contributed by atoms with Crippen LogP contribution in [0.5, 0.6) is 0 Å². The van der Waals surface area contributed by atoms with Crippen molar-refractivity contribution in [3.05, 3.63) is 52.4 Å². The lowest BCUT2D eigenvalue weighted by Gasteiger charge is -2.34. The van der Waals surface area contributed by atoms with Crippen molar-refractivity contribution >= 4 is 23.4 Å². The van der Waals surface area contributed by atoms with E-state index in [9.17, 15) is 9.59 Å². The van der Waals surface area contributed by atoms with Crippen LogP contribution in [0.3, 0.4) is 0 Å². The number of rotatable bonds is 5. The molecule has 0 spiro atoms. The highest BCUT2D eigenvalue weighted by molar-refractivity contribution is 8.00. The highest BCUT2D eigenvalue weighted by atomic mass is 32.2. The molecule has 2 aromatic rings. The second-order valence-electron chi connectivity index (χ2n) is 6.56. The van der Waals surface area contributed by atoms with Gasteiger partial charge in [0.25, 0.3) is 5.56 Å². The lowest BCUT2D eigenvalue weighted by molar-refractivity contribution is -0.121. The summed E-state index contributed by atoms with van der Waals surface area (Å²) in [5.41, 5.74) is 1.69. The Kier molecular flexibility index (Phi) is 5.98. The monoisotopic (exact) mass is 372 g/mol. The standard InChI is InChI=1S/C19H24N4O2S/c1-13-12-17(24)22-19(20-13)26-14(2)18(25)21-15-8-10-23(11-9-15)16-6-4-3-5-7-16/h3-7,12,14-15H,8-11H2,1-2H3,(H,21,25)(H,20,22,24)/t14-/m1/s1. The third-order valence-electron chi connectivity index (χ3n) is 4.47. The normalized spacial score (nSPS) is 16.3. The minimum Gasteiger partial charge on any atom is -0.371 e. The minimum atomic E-state index is -0.313. The summed E-state index contributed by atoms with van der Waals surface area (Å²) >= 11 is 1.28. The average molecular weight is 372 g/mol. The molecular formula is C19H24N4O2S. The second kappa shape index (κ2) is 8.40. The molecule has 0 unspecified atom stereocenters. The molecule has 1 amide bonds. The minimum absolute atomic E-state index is 0.0164. The van der Waals surface area contributed by atoms with Gasteiger partial charge in [-0.3, -0.25) is 9.59 Å². The maximum Gasteiger partial charge on any atom is 0.251 e. The molecule has 1 aliphatic heterocycles. The Bertz CT molecular complexity index is 801. The Balaban J connectivity index is 1.50. The fraction of sp³-hybridized carbons (Fsp3) is 0.421. The van der Waals surface area contributed by atoms with Gasteiger partial charge in [0.1, 0.15) is 0 Å². The Morgan fingerprint density at radius 2 is 2.00 bits per heavy atom. The van der Waals surface area contributed by atoms with Gasteiger partial charge in [0.15, 0.2) is 5.16 Å². The van der Waals surface area contributed by atoms with E-state index in [0.717, 1.165) is 25.9 Å². The Morgan fingerprint density at radius 1 is 1.31 bits per heavy atom. The lowest BCUT2D eigenvalue weighted by atomic mass is 10.0. The smallest absolute Gasteiger partial charge is 0.251 e. The van der Waals surface area contributed by atoms with Crippen LogP contribution in [0.15, 0.2) is 46.3 Å². The number of para-hydroxylation sites is 1. The molecule has 2 N–H and O–H groups in total. The SMILES string of the molecule is Cc1cc(=O)[nH]c(S[C@H](C)C(=O)NC2CCN(c3ccccc3)CC2)n1. The van der Waals surface area contributed by atoms with Crippen molar-refractivity contribution < 1.29 is 4.79 Å². The van der Waals surface area contributed by atoms with Crippen LogP contribution >= 0.6 is 11.8 Å². The number of thioether (sulfide) groups is 1. The summed E-state index contributed by atoms with van der Waals surface area (Å²) in [4.78, 5) is 33.3. The van der Waals surface area contributed by atoms with Crippen LogP contribution in [0.4, 0.5) is 5.69 Å². The molecule has 1 saturated heterocycles. The van der Waals surface area contributed by atoms with Crippen LogP contribution in [0.25, 0.3) is 0 Å².